The number of nitrogens with zero attached hydrogens (tertiary/aromatic N) is 3. The topological polar surface area (TPSA) is 50.5 Å². The number of aromatic nitrogens is 2. The summed E-state index contributed by atoms with van der Waals surface area (Å²) >= 11 is 0. The highest BCUT2D eigenvalue weighted by Gasteiger charge is 2.44. The molecule has 0 amide bonds. The van der Waals surface area contributed by atoms with E-state index in [1.807, 2.05) is 6.92 Å². The van der Waals surface area contributed by atoms with E-state index in [9.17, 15) is 5.11 Å². The number of ether oxygens (including phenoxy) is 1. The minimum atomic E-state index is -0.611. The molecule has 0 unspecified atom stereocenters. The van der Waals surface area contributed by atoms with Crippen molar-refractivity contribution in [2.75, 3.05) is 19.8 Å². The average molecular weight is 335 g/mol. The molecule has 2 aliphatic heterocycles. The maximum atomic E-state index is 10.8. The Morgan fingerprint density at radius 2 is 2.21 bits per heavy atom. The largest absolute Gasteiger partial charge is 0.390 e. The highest BCUT2D eigenvalue weighted by atomic mass is 16.5. The van der Waals surface area contributed by atoms with Crippen molar-refractivity contribution in [3.63, 3.8) is 0 Å². The van der Waals surface area contributed by atoms with Crippen molar-refractivity contribution < 1.29 is 9.84 Å². The molecule has 1 aromatic heterocycles. The summed E-state index contributed by atoms with van der Waals surface area (Å²) in [5.74, 6) is 0.204. The third-order valence-electron chi connectivity index (χ3n) is 6.07. The fourth-order valence-corrected chi connectivity index (χ4v) is 4.42. The van der Waals surface area contributed by atoms with Crippen LogP contribution in [-0.4, -0.2) is 51.2 Å². The van der Waals surface area contributed by atoms with Crippen LogP contribution in [0.3, 0.4) is 0 Å². The second kappa shape index (κ2) is 7.54. The third kappa shape index (κ3) is 3.68. The zero-order chi connectivity index (χ0) is 17.2. The van der Waals surface area contributed by atoms with E-state index in [1.54, 1.807) is 0 Å². The summed E-state index contributed by atoms with van der Waals surface area (Å²) in [6, 6.07) is 3.06. The van der Waals surface area contributed by atoms with E-state index in [1.165, 1.54) is 6.42 Å². The minimum Gasteiger partial charge on any atom is -0.390 e. The molecule has 5 nitrogen and oxygen atoms in total. The molecule has 0 aliphatic carbocycles. The van der Waals surface area contributed by atoms with Gasteiger partial charge in [-0.05, 0) is 51.6 Å². The highest BCUT2D eigenvalue weighted by Crippen LogP contribution is 2.36. The molecule has 3 rings (SSSR count). The summed E-state index contributed by atoms with van der Waals surface area (Å²) in [5, 5.41) is 15.6. The Kier molecular flexibility index (Phi) is 5.63. The van der Waals surface area contributed by atoms with Gasteiger partial charge in [0.1, 0.15) is 0 Å². The van der Waals surface area contributed by atoms with Crippen LogP contribution in [0.2, 0.25) is 0 Å². The van der Waals surface area contributed by atoms with Crippen molar-refractivity contribution in [1.82, 2.24) is 14.7 Å². The summed E-state index contributed by atoms with van der Waals surface area (Å²) in [6.07, 6.45) is 7.45. The molecule has 2 fully saturated rings. The molecule has 2 aliphatic rings. The van der Waals surface area contributed by atoms with Gasteiger partial charge in [-0.25, -0.2) is 0 Å². The molecule has 0 radical (unpaired) electrons. The predicted molar refractivity (Wildman–Crippen MR) is 94.8 cm³/mol. The van der Waals surface area contributed by atoms with E-state index in [2.05, 4.69) is 35.7 Å². The van der Waals surface area contributed by atoms with Gasteiger partial charge in [0, 0.05) is 31.3 Å². The average Bonchev–Trinajstić information content (AvgIpc) is 3.19. The number of aliphatic hydroxyl groups is 1. The molecule has 24 heavy (non-hydrogen) atoms. The van der Waals surface area contributed by atoms with Gasteiger partial charge in [-0.15, -0.1) is 0 Å². The van der Waals surface area contributed by atoms with Crippen LogP contribution in [0.4, 0.5) is 0 Å². The van der Waals surface area contributed by atoms with Crippen LogP contribution in [0.1, 0.15) is 64.6 Å². The van der Waals surface area contributed by atoms with Crippen molar-refractivity contribution in [2.45, 2.75) is 77.1 Å². The van der Waals surface area contributed by atoms with E-state index in [0.717, 1.165) is 44.5 Å². The molecule has 1 aromatic rings. The summed E-state index contributed by atoms with van der Waals surface area (Å²) < 4.78 is 7.81. The number of hydrogen-bond acceptors (Lipinski definition) is 4. The Labute approximate surface area is 146 Å². The highest BCUT2D eigenvalue weighted by molar-refractivity contribution is 5.03. The molecule has 136 valence electrons. The van der Waals surface area contributed by atoms with Crippen LogP contribution in [0, 0.1) is 5.92 Å². The van der Waals surface area contributed by atoms with Crippen LogP contribution >= 0.6 is 0 Å². The van der Waals surface area contributed by atoms with E-state index in [-0.39, 0.29) is 5.92 Å². The molecule has 3 heterocycles. The van der Waals surface area contributed by atoms with Crippen molar-refractivity contribution in [1.29, 1.82) is 0 Å². The lowest BCUT2D eigenvalue weighted by Crippen LogP contribution is -2.52. The first-order chi connectivity index (χ1) is 11.5. The van der Waals surface area contributed by atoms with Gasteiger partial charge < -0.3 is 9.84 Å². The normalized spacial score (nSPS) is 31.9. The van der Waals surface area contributed by atoms with Gasteiger partial charge in [0.15, 0.2) is 0 Å². The van der Waals surface area contributed by atoms with Gasteiger partial charge in [-0.1, -0.05) is 13.8 Å². The molecular weight excluding hydrogens is 302 g/mol. The smallest absolute Gasteiger partial charge is 0.0765 e. The Balaban J connectivity index is 1.68. The van der Waals surface area contributed by atoms with Crippen LogP contribution in [0.5, 0.6) is 0 Å². The Hall–Kier alpha value is -0.910. The Morgan fingerprint density at radius 1 is 1.42 bits per heavy atom. The monoisotopic (exact) mass is 335 g/mol. The summed E-state index contributed by atoms with van der Waals surface area (Å²) in [7, 11) is 0. The summed E-state index contributed by atoms with van der Waals surface area (Å²) in [6.45, 7) is 9.75. The molecular formula is C19H33N3O2. The first kappa shape index (κ1) is 17.9. The van der Waals surface area contributed by atoms with Gasteiger partial charge in [-0.2, -0.15) is 5.10 Å². The summed E-state index contributed by atoms with van der Waals surface area (Å²) in [5.41, 5.74) is 0.533. The van der Waals surface area contributed by atoms with Crippen LogP contribution in [-0.2, 0) is 11.3 Å². The second-order valence-corrected chi connectivity index (χ2v) is 7.73. The van der Waals surface area contributed by atoms with Gasteiger partial charge >= 0.3 is 0 Å². The van der Waals surface area contributed by atoms with Crippen molar-refractivity contribution in [2.24, 2.45) is 5.92 Å². The zero-order valence-corrected chi connectivity index (χ0v) is 15.4. The lowest BCUT2D eigenvalue weighted by molar-refractivity contribution is -0.123. The van der Waals surface area contributed by atoms with Crippen LogP contribution in [0.25, 0.3) is 0 Å². The number of likely N-dealkylation sites (tertiary alicyclic amines) is 1. The quantitative estimate of drug-likeness (QED) is 0.868. The maximum Gasteiger partial charge on any atom is 0.0765 e. The van der Waals surface area contributed by atoms with Crippen LogP contribution < -0.4 is 0 Å². The van der Waals surface area contributed by atoms with E-state index < -0.39 is 5.60 Å². The molecule has 0 aromatic carbocycles. The number of rotatable bonds is 6. The molecule has 2 saturated heterocycles. The predicted octanol–water partition coefficient (Wildman–Crippen LogP) is 3.00. The molecule has 0 saturated carbocycles. The molecule has 1 N–H and O–H groups in total. The first-order valence-corrected chi connectivity index (χ1v) is 9.63. The van der Waals surface area contributed by atoms with Gasteiger partial charge in [-0.3, -0.25) is 9.58 Å². The van der Waals surface area contributed by atoms with E-state index >= 15 is 0 Å². The lowest BCUT2D eigenvalue weighted by Gasteiger charge is -2.43. The van der Waals surface area contributed by atoms with Gasteiger partial charge in [0.2, 0.25) is 0 Å². The first-order valence-electron chi connectivity index (χ1n) is 9.63. The van der Waals surface area contributed by atoms with E-state index in [4.69, 9.17) is 9.84 Å². The fourth-order valence-electron chi connectivity index (χ4n) is 4.42. The Morgan fingerprint density at radius 3 is 2.92 bits per heavy atom. The van der Waals surface area contributed by atoms with Gasteiger partial charge in [0.25, 0.3) is 0 Å². The van der Waals surface area contributed by atoms with Crippen molar-refractivity contribution in [3.8, 4) is 0 Å². The van der Waals surface area contributed by atoms with Gasteiger partial charge in [0.05, 0.1) is 23.9 Å². The molecule has 0 spiro atoms. The van der Waals surface area contributed by atoms with Crippen molar-refractivity contribution in [3.05, 3.63) is 18.0 Å². The third-order valence-corrected chi connectivity index (χ3v) is 6.07. The fraction of sp³-hybridized carbons (Fsp3) is 0.842. The second-order valence-electron chi connectivity index (χ2n) is 7.73. The molecule has 5 heteroatoms. The SMILES string of the molecule is CCC(CC)n1ccc(CN2CCC[C@@H]2[C@H]2COCC[C@@]2(C)O)n1. The standard InChI is InChI=1S/C19H33N3O2/c1-4-16(5-2)22-11-8-15(20-22)13-21-10-6-7-18(21)17-14-24-12-9-19(17,3)23/h8,11,16-18,23H,4-7,9-10,12-14H2,1-3H3/t17-,18-,19-/m1/s1. The molecule has 0 bridgehead atoms. The Bertz CT molecular complexity index is 524. The lowest BCUT2D eigenvalue weighted by atomic mass is 9.79. The summed E-state index contributed by atoms with van der Waals surface area (Å²) in [4.78, 5) is 2.51. The minimum absolute atomic E-state index is 0.204. The van der Waals surface area contributed by atoms with Crippen molar-refractivity contribution >= 4 is 0 Å². The molecule has 3 atom stereocenters. The maximum absolute atomic E-state index is 10.8. The number of hydrogen-bond donors (Lipinski definition) is 1. The van der Waals surface area contributed by atoms with Crippen LogP contribution in [0.15, 0.2) is 12.3 Å². The van der Waals surface area contributed by atoms with E-state index in [0.29, 0.717) is 25.3 Å². The zero-order valence-electron chi connectivity index (χ0n) is 15.4.